The van der Waals surface area contributed by atoms with Crippen LogP contribution >= 0.6 is 11.6 Å². The predicted octanol–water partition coefficient (Wildman–Crippen LogP) is 6.79. The number of nitrogens with one attached hydrogen (secondary N) is 1. The number of nitrogens with zero attached hydrogens (tertiary/aromatic N) is 3. The Balaban J connectivity index is 1.76. The molecule has 0 bridgehead atoms. The zero-order valence-corrected chi connectivity index (χ0v) is 17.7. The number of hydrogen-bond donors (Lipinski definition) is 2. The number of aromatic nitrogens is 2. The van der Waals surface area contributed by atoms with Crippen LogP contribution in [0.4, 0.5) is 41.9 Å². The van der Waals surface area contributed by atoms with Gasteiger partial charge in [-0.3, -0.25) is 0 Å². The first-order valence-corrected chi connectivity index (χ1v) is 10.2. The maximum Gasteiger partial charge on any atom is 0.416 e. The van der Waals surface area contributed by atoms with Crippen LogP contribution < -0.4 is 16.0 Å². The first-order valence-electron chi connectivity index (χ1n) is 9.79. The fourth-order valence-electron chi connectivity index (χ4n) is 3.50. The quantitative estimate of drug-likeness (QED) is 0.345. The van der Waals surface area contributed by atoms with Crippen LogP contribution in [0.15, 0.2) is 67.0 Å². The zero-order valence-electron chi connectivity index (χ0n) is 17.0. The topological polar surface area (TPSA) is 67.1 Å². The number of alkyl halides is 3. The molecule has 0 fully saturated rings. The SMILES string of the molecule is CCN(c1ncnc(Nc2cc(C(F)(F)F)ccc2Cl)c1N)c1cccc2ccccc12. The van der Waals surface area contributed by atoms with Crippen LogP contribution in [-0.4, -0.2) is 16.5 Å². The van der Waals surface area contributed by atoms with Gasteiger partial charge in [-0.1, -0.05) is 48.0 Å². The van der Waals surface area contributed by atoms with Crippen molar-refractivity contribution in [1.29, 1.82) is 0 Å². The van der Waals surface area contributed by atoms with Gasteiger partial charge < -0.3 is 16.0 Å². The molecule has 1 heterocycles. The van der Waals surface area contributed by atoms with Crippen molar-refractivity contribution in [2.24, 2.45) is 0 Å². The lowest BCUT2D eigenvalue weighted by atomic mass is 10.1. The molecule has 4 aromatic rings. The third-order valence-corrected chi connectivity index (χ3v) is 5.37. The van der Waals surface area contributed by atoms with Crippen LogP contribution in [0.1, 0.15) is 12.5 Å². The van der Waals surface area contributed by atoms with Crippen LogP contribution in [0.2, 0.25) is 5.02 Å². The molecule has 164 valence electrons. The highest BCUT2D eigenvalue weighted by Gasteiger charge is 2.31. The van der Waals surface area contributed by atoms with Crippen LogP contribution in [0.25, 0.3) is 10.8 Å². The largest absolute Gasteiger partial charge is 0.416 e. The molecule has 0 spiro atoms. The monoisotopic (exact) mass is 457 g/mol. The minimum Gasteiger partial charge on any atom is -0.393 e. The van der Waals surface area contributed by atoms with E-state index in [4.69, 9.17) is 17.3 Å². The van der Waals surface area contributed by atoms with Crippen molar-refractivity contribution in [2.45, 2.75) is 13.1 Å². The molecule has 0 aliphatic carbocycles. The molecule has 1 aromatic heterocycles. The standard InChI is InChI=1S/C23H19ClF3N5/c1-2-32(19-9-5-7-14-6-3-4-8-16(14)19)22-20(28)21(29-13-30-22)31-18-12-15(23(25,26)27)10-11-17(18)24/h3-13H,2,28H2,1H3,(H,29,30,31). The van der Waals surface area contributed by atoms with Gasteiger partial charge in [-0.25, -0.2) is 9.97 Å². The molecule has 0 saturated carbocycles. The van der Waals surface area contributed by atoms with Crippen molar-refractivity contribution in [1.82, 2.24) is 9.97 Å². The molecular formula is C23H19ClF3N5. The minimum absolute atomic E-state index is 0.0473. The molecule has 0 radical (unpaired) electrons. The van der Waals surface area contributed by atoms with Crippen molar-refractivity contribution in [2.75, 3.05) is 22.5 Å². The molecule has 0 aliphatic rings. The van der Waals surface area contributed by atoms with Crippen molar-refractivity contribution < 1.29 is 13.2 Å². The number of benzene rings is 3. The summed E-state index contributed by atoms with van der Waals surface area (Å²) in [6, 6.07) is 16.9. The molecule has 0 amide bonds. The van der Waals surface area contributed by atoms with E-state index in [0.717, 1.165) is 28.6 Å². The highest BCUT2D eigenvalue weighted by atomic mass is 35.5. The lowest BCUT2D eigenvalue weighted by molar-refractivity contribution is -0.137. The first-order chi connectivity index (χ1) is 15.3. The van der Waals surface area contributed by atoms with Crippen molar-refractivity contribution in [3.05, 3.63) is 77.6 Å². The minimum atomic E-state index is -4.50. The molecule has 3 N–H and O–H groups in total. The number of anilines is 5. The number of nitrogen functional groups attached to an aromatic ring is 1. The Bertz CT molecular complexity index is 1270. The maximum atomic E-state index is 13.1. The van der Waals surface area contributed by atoms with Crippen LogP contribution in [-0.2, 0) is 6.18 Å². The van der Waals surface area contributed by atoms with Crippen LogP contribution in [0, 0.1) is 0 Å². The van der Waals surface area contributed by atoms with E-state index in [-0.39, 0.29) is 22.2 Å². The fraction of sp³-hybridized carbons (Fsp3) is 0.130. The highest BCUT2D eigenvalue weighted by molar-refractivity contribution is 6.33. The van der Waals surface area contributed by atoms with Gasteiger partial charge in [0.25, 0.3) is 0 Å². The van der Waals surface area contributed by atoms with Gasteiger partial charge in [-0.2, -0.15) is 13.2 Å². The Morgan fingerprint density at radius 1 is 1.03 bits per heavy atom. The average molecular weight is 458 g/mol. The number of rotatable bonds is 5. The summed E-state index contributed by atoms with van der Waals surface area (Å²) in [5.41, 5.74) is 6.68. The van der Waals surface area contributed by atoms with Crippen LogP contribution in [0.5, 0.6) is 0 Å². The number of fused-ring (bicyclic) bond motifs is 1. The van der Waals surface area contributed by atoms with Gasteiger partial charge in [0.05, 0.1) is 22.0 Å². The van der Waals surface area contributed by atoms with Gasteiger partial charge in [0.1, 0.15) is 12.0 Å². The Hall–Kier alpha value is -3.52. The summed E-state index contributed by atoms with van der Waals surface area (Å²) in [5, 5.41) is 5.02. The Morgan fingerprint density at radius 2 is 1.78 bits per heavy atom. The van der Waals surface area contributed by atoms with Crippen molar-refractivity contribution >= 4 is 51.1 Å². The highest BCUT2D eigenvalue weighted by Crippen LogP contribution is 2.38. The average Bonchev–Trinajstić information content (AvgIpc) is 2.77. The lowest BCUT2D eigenvalue weighted by Gasteiger charge is -2.25. The van der Waals surface area contributed by atoms with Gasteiger partial charge in [0.2, 0.25) is 0 Å². The summed E-state index contributed by atoms with van der Waals surface area (Å²) in [7, 11) is 0. The van der Waals surface area contributed by atoms with Crippen LogP contribution in [0.3, 0.4) is 0 Å². The van der Waals surface area contributed by atoms with Crippen molar-refractivity contribution in [3.8, 4) is 0 Å². The number of hydrogen-bond acceptors (Lipinski definition) is 5. The summed E-state index contributed by atoms with van der Waals surface area (Å²) in [5.74, 6) is 0.597. The Kier molecular flexibility index (Phi) is 5.80. The molecular weight excluding hydrogens is 439 g/mol. The summed E-state index contributed by atoms with van der Waals surface area (Å²) >= 11 is 6.11. The Labute approximate surface area is 187 Å². The lowest BCUT2D eigenvalue weighted by Crippen LogP contribution is -2.20. The summed E-state index contributed by atoms with van der Waals surface area (Å²) in [6.07, 6.45) is -3.19. The first kappa shape index (κ1) is 21.7. The fourth-order valence-corrected chi connectivity index (χ4v) is 3.67. The molecule has 9 heteroatoms. The molecule has 0 saturated heterocycles. The van der Waals surface area contributed by atoms with E-state index in [9.17, 15) is 13.2 Å². The van der Waals surface area contributed by atoms with E-state index in [2.05, 4.69) is 15.3 Å². The predicted molar refractivity (Wildman–Crippen MR) is 123 cm³/mol. The van der Waals surface area contributed by atoms with E-state index in [1.807, 2.05) is 54.3 Å². The summed E-state index contributed by atoms with van der Waals surface area (Å²) < 4.78 is 39.4. The van der Waals surface area contributed by atoms with E-state index in [1.165, 1.54) is 12.4 Å². The normalized spacial score (nSPS) is 11.5. The molecule has 0 unspecified atom stereocenters. The van der Waals surface area contributed by atoms with Gasteiger partial charge in [-0.15, -0.1) is 0 Å². The van der Waals surface area contributed by atoms with Gasteiger partial charge >= 0.3 is 6.18 Å². The van der Waals surface area contributed by atoms with E-state index in [0.29, 0.717) is 12.4 Å². The third-order valence-electron chi connectivity index (χ3n) is 5.04. The Morgan fingerprint density at radius 3 is 2.53 bits per heavy atom. The second-order valence-electron chi connectivity index (χ2n) is 7.02. The van der Waals surface area contributed by atoms with Gasteiger partial charge in [-0.05, 0) is 36.6 Å². The summed E-state index contributed by atoms with van der Waals surface area (Å²) in [6.45, 7) is 2.51. The molecule has 32 heavy (non-hydrogen) atoms. The second kappa shape index (κ2) is 8.55. The smallest absolute Gasteiger partial charge is 0.393 e. The van der Waals surface area contributed by atoms with Gasteiger partial charge in [0, 0.05) is 11.9 Å². The number of halogens is 4. The maximum absolute atomic E-state index is 13.1. The molecule has 3 aromatic carbocycles. The van der Waals surface area contributed by atoms with E-state index >= 15 is 0 Å². The third kappa shape index (κ3) is 4.13. The zero-order chi connectivity index (χ0) is 22.9. The van der Waals surface area contributed by atoms with E-state index < -0.39 is 11.7 Å². The van der Waals surface area contributed by atoms with E-state index in [1.54, 1.807) is 0 Å². The van der Waals surface area contributed by atoms with Crippen molar-refractivity contribution in [3.63, 3.8) is 0 Å². The number of nitrogens with two attached hydrogens (primary N) is 1. The second-order valence-corrected chi connectivity index (χ2v) is 7.43. The molecule has 0 aliphatic heterocycles. The van der Waals surface area contributed by atoms with Gasteiger partial charge in [0.15, 0.2) is 11.6 Å². The summed E-state index contributed by atoms with van der Waals surface area (Å²) in [4.78, 5) is 10.4. The molecule has 0 atom stereocenters. The molecule has 4 rings (SSSR count). The molecule has 5 nitrogen and oxygen atoms in total.